The molecule has 4 aliphatic heterocycles. The summed E-state index contributed by atoms with van der Waals surface area (Å²) in [7, 11) is 0. The van der Waals surface area contributed by atoms with Crippen molar-refractivity contribution in [2.24, 2.45) is 11.3 Å². The Hall–Kier alpha value is -1.65. The van der Waals surface area contributed by atoms with E-state index < -0.39 is 0 Å². The number of hydrogen-bond acceptors (Lipinski definition) is 3. The Labute approximate surface area is 135 Å². The molecule has 0 saturated carbocycles. The van der Waals surface area contributed by atoms with Crippen LogP contribution in [0.4, 0.5) is 5.69 Å². The van der Waals surface area contributed by atoms with Crippen molar-refractivity contribution in [3.63, 3.8) is 0 Å². The van der Waals surface area contributed by atoms with Crippen LogP contribution in [0.1, 0.15) is 37.9 Å². The van der Waals surface area contributed by atoms with Gasteiger partial charge in [0.15, 0.2) is 6.29 Å². The first-order chi connectivity index (χ1) is 11.2. The molecule has 5 aliphatic rings. The van der Waals surface area contributed by atoms with Crippen LogP contribution in [0.5, 0.6) is 0 Å². The molecule has 1 aromatic rings. The minimum atomic E-state index is -0.335. The zero-order valence-corrected chi connectivity index (χ0v) is 13.1. The average Bonchev–Trinajstić information content (AvgIpc) is 3.17. The van der Waals surface area contributed by atoms with Gasteiger partial charge in [-0.1, -0.05) is 24.3 Å². The van der Waals surface area contributed by atoms with Gasteiger partial charge < -0.3 is 14.4 Å². The van der Waals surface area contributed by atoms with Crippen LogP contribution in [-0.2, 0) is 14.3 Å². The SMILES string of the molecule is CC12CCCC=C1C1C3C(OC4OC43)c3ccccc3N1C2=O. The number of ether oxygens (including phenoxy) is 2. The van der Waals surface area contributed by atoms with E-state index in [1.54, 1.807) is 0 Å². The number of allylic oxidation sites excluding steroid dienone is 1. The highest BCUT2D eigenvalue weighted by molar-refractivity contribution is 6.05. The summed E-state index contributed by atoms with van der Waals surface area (Å²) in [5.41, 5.74) is 3.18. The van der Waals surface area contributed by atoms with Crippen molar-refractivity contribution in [3.05, 3.63) is 41.5 Å². The smallest absolute Gasteiger partial charge is 0.237 e. The number of carbonyl (C=O) groups is 1. The van der Waals surface area contributed by atoms with Gasteiger partial charge in [-0.05, 0) is 37.8 Å². The highest BCUT2D eigenvalue weighted by atomic mass is 16.8. The lowest BCUT2D eigenvalue weighted by molar-refractivity contribution is -0.124. The Morgan fingerprint density at radius 2 is 2.13 bits per heavy atom. The van der Waals surface area contributed by atoms with E-state index in [2.05, 4.69) is 30.0 Å². The Balaban J connectivity index is 1.62. The van der Waals surface area contributed by atoms with Crippen LogP contribution in [0.2, 0.25) is 0 Å². The number of amides is 1. The van der Waals surface area contributed by atoms with Crippen LogP contribution in [0.3, 0.4) is 0 Å². The van der Waals surface area contributed by atoms with Crippen LogP contribution in [0.15, 0.2) is 35.9 Å². The molecule has 0 N–H and O–H groups in total. The van der Waals surface area contributed by atoms with Gasteiger partial charge in [0.2, 0.25) is 5.91 Å². The Morgan fingerprint density at radius 1 is 1.26 bits per heavy atom. The molecule has 0 radical (unpaired) electrons. The second kappa shape index (κ2) is 3.87. The van der Waals surface area contributed by atoms with E-state index in [4.69, 9.17) is 9.47 Å². The third-order valence-corrected chi connectivity index (χ3v) is 6.53. The Morgan fingerprint density at radius 3 is 3.04 bits per heavy atom. The van der Waals surface area contributed by atoms with E-state index in [9.17, 15) is 4.79 Å². The van der Waals surface area contributed by atoms with Gasteiger partial charge in [0, 0.05) is 11.5 Å². The van der Waals surface area contributed by atoms with Crippen LogP contribution in [0.25, 0.3) is 0 Å². The molecule has 118 valence electrons. The summed E-state index contributed by atoms with van der Waals surface area (Å²) in [5, 5.41) is 0. The lowest BCUT2D eigenvalue weighted by atomic mass is 9.70. The first kappa shape index (κ1) is 12.7. The monoisotopic (exact) mass is 309 g/mol. The minimum absolute atomic E-state index is 0.0641. The van der Waals surface area contributed by atoms with Gasteiger partial charge in [0.25, 0.3) is 0 Å². The average molecular weight is 309 g/mol. The highest BCUT2D eigenvalue weighted by Crippen LogP contribution is 2.62. The molecular weight excluding hydrogens is 290 g/mol. The quantitative estimate of drug-likeness (QED) is 0.546. The summed E-state index contributed by atoms with van der Waals surface area (Å²) < 4.78 is 11.8. The number of hydrogen-bond donors (Lipinski definition) is 0. The van der Waals surface area contributed by atoms with Crippen molar-refractivity contribution in [1.82, 2.24) is 0 Å². The maximum Gasteiger partial charge on any atom is 0.237 e. The van der Waals surface area contributed by atoms with Gasteiger partial charge in [-0.15, -0.1) is 0 Å². The molecule has 0 bridgehead atoms. The highest BCUT2D eigenvalue weighted by Gasteiger charge is 2.68. The first-order valence-electron chi connectivity index (χ1n) is 8.64. The second-order valence-corrected chi connectivity index (χ2v) is 7.67. The van der Waals surface area contributed by atoms with Crippen LogP contribution >= 0.6 is 0 Å². The van der Waals surface area contributed by atoms with Gasteiger partial charge in [0.05, 0.1) is 23.2 Å². The molecule has 0 aromatic heterocycles. The molecule has 1 amide bonds. The van der Waals surface area contributed by atoms with E-state index in [0.29, 0.717) is 0 Å². The van der Waals surface area contributed by atoms with E-state index in [1.165, 1.54) is 5.57 Å². The Kier molecular flexibility index (Phi) is 2.14. The summed E-state index contributed by atoms with van der Waals surface area (Å²) in [6, 6.07) is 8.37. The fourth-order valence-electron chi connectivity index (χ4n) is 5.40. The molecule has 4 heteroatoms. The minimum Gasteiger partial charge on any atom is -0.341 e. The number of anilines is 1. The summed E-state index contributed by atoms with van der Waals surface area (Å²) in [4.78, 5) is 15.4. The second-order valence-electron chi connectivity index (χ2n) is 7.67. The number of para-hydroxylation sites is 1. The number of epoxide rings is 1. The van der Waals surface area contributed by atoms with Gasteiger partial charge in [-0.3, -0.25) is 4.79 Å². The topological polar surface area (TPSA) is 42.1 Å². The fraction of sp³-hybridized carbons (Fsp3) is 0.526. The lowest BCUT2D eigenvalue weighted by Gasteiger charge is -2.40. The van der Waals surface area contributed by atoms with Gasteiger partial charge >= 0.3 is 0 Å². The van der Waals surface area contributed by atoms with Crippen molar-refractivity contribution in [1.29, 1.82) is 0 Å². The molecule has 4 heterocycles. The molecule has 6 unspecified atom stereocenters. The van der Waals surface area contributed by atoms with Crippen LogP contribution in [0, 0.1) is 11.3 Å². The van der Waals surface area contributed by atoms with Gasteiger partial charge in [0.1, 0.15) is 6.10 Å². The van der Waals surface area contributed by atoms with Crippen LogP contribution < -0.4 is 4.90 Å². The largest absolute Gasteiger partial charge is 0.341 e. The van der Waals surface area contributed by atoms with Crippen molar-refractivity contribution in [2.45, 2.75) is 50.7 Å². The zero-order valence-electron chi connectivity index (χ0n) is 13.1. The zero-order chi connectivity index (χ0) is 15.3. The number of benzene rings is 1. The number of fused-ring (bicyclic) bond motifs is 10. The maximum absolute atomic E-state index is 13.4. The predicted molar refractivity (Wildman–Crippen MR) is 83.7 cm³/mol. The Bertz CT molecular complexity index is 772. The third-order valence-electron chi connectivity index (χ3n) is 6.53. The van der Waals surface area contributed by atoms with Crippen molar-refractivity contribution >= 4 is 11.6 Å². The first-order valence-corrected chi connectivity index (χ1v) is 8.64. The molecule has 23 heavy (non-hydrogen) atoms. The lowest BCUT2D eigenvalue weighted by Crippen LogP contribution is -2.46. The van der Waals surface area contributed by atoms with Gasteiger partial charge in [-0.25, -0.2) is 0 Å². The molecule has 1 aromatic carbocycles. The van der Waals surface area contributed by atoms with Crippen molar-refractivity contribution < 1.29 is 14.3 Å². The molecule has 0 spiro atoms. The molecule has 3 fully saturated rings. The number of carbonyl (C=O) groups excluding carboxylic acids is 1. The van der Waals surface area contributed by atoms with Crippen molar-refractivity contribution in [2.75, 3.05) is 4.90 Å². The third kappa shape index (κ3) is 1.35. The molecule has 4 nitrogen and oxygen atoms in total. The van der Waals surface area contributed by atoms with Crippen LogP contribution in [-0.4, -0.2) is 24.3 Å². The molecule has 1 aliphatic carbocycles. The summed E-state index contributed by atoms with van der Waals surface area (Å²) in [6.07, 6.45) is 5.61. The predicted octanol–water partition coefficient (Wildman–Crippen LogP) is 2.94. The van der Waals surface area contributed by atoms with E-state index in [0.717, 1.165) is 30.5 Å². The van der Waals surface area contributed by atoms with E-state index in [1.807, 2.05) is 12.1 Å². The summed E-state index contributed by atoms with van der Waals surface area (Å²) in [5.74, 6) is 0.508. The van der Waals surface area contributed by atoms with Gasteiger partial charge in [-0.2, -0.15) is 0 Å². The summed E-state index contributed by atoms with van der Waals surface area (Å²) in [6.45, 7) is 2.14. The fourth-order valence-corrected chi connectivity index (χ4v) is 5.40. The number of nitrogens with zero attached hydrogens (tertiary/aromatic N) is 1. The molecule has 3 saturated heterocycles. The molecule has 6 rings (SSSR count). The standard InChI is InChI=1S/C19H19NO3/c1-19-9-5-4-7-11(19)14-13-15(22-17-16(13)23-17)10-6-2-3-8-12(10)20(14)18(19)21/h2-3,6-8,13-17H,4-5,9H2,1H3. The molecule has 6 atom stereocenters. The normalized spacial score (nSPS) is 45.6. The number of rotatable bonds is 0. The van der Waals surface area contributed by atoms with E-state index in [-0.39, 0.29) is 41.8 Å². The maximum atomic E-state index is 13.4. The van der Waals surface area contributed by atoms with E-state index >= 15 is 0 Å². The summed E-state index contributed by atoms with van der Waals surface area (Å²) >= 11 is 0. The molecular formula is C19H19NO3. The van der Waals surface area contributed by atoms with Crippen molar-refractivity contribution in [3.8, 4) is 0 Å².